The van der Waals surface area contributed by atoms with Crippen molar-refractivity contribution in [1.29, 1.82) is 0 Å². The summed E-state index contributed by atoms with van der Waals surface area (Å²) < 4.78 is 0. The number of hydrogen-bond donors (Lipinski definition) is 1. The summed E-state index contributed by atoms with van der Waals surface area (Å²) in [7, 11) is 0. The number of fused-ring (bicyclic) bond motifs is 4. The molecule has 3 aromatic rings. The SMILES string of the molecule is CCC(=O)C1CCc2[nH]c3ncnc(N4CCc5ccccc54)c3c2C1. The highest BCUT2D eigenvalue weighted by Gasteiger charge is 2.30. The van der Waals surface area contributed by atoms with E-state index >= 15 is 0 Å². The van der Waals surface area contributed by atoms with Gasteiger partial charge in [-0.15, -0.1) is 0 Å². The molecule has 0 saturated carbocycles. The van der Waals surface area contributed by atoms with E-state index in [1.165, 1.54) is 22.5 Å². The van der Waals surface area contributed by atoms with Gasteiger partial charge in [0.05, 0.1) is 5.39 Å². The molecule has 3 heterocycles. The number of anilines is 2. The number of para-hydroxylation sites is 1. The molecule has 1 atom stereocenters. The number of carbonyl (C=O) groups excluding carboxylic acids is 1. The third-order valence-corrected chi connectivity index (χ3v) is 5.90. The van der Waals surface area contributed by atoms with Gasteiger partial charge in [0.25, 0.3) is 0 Å². The van der Waals surface area contributed by atoms with E-state index in [2.05, 4.69) is 44.1 Å². The van der Waals surface area contributed by atoms with E-state index in [9.17, 15) is 4.79 Å². The molecule has 1 unspecified atom stereocenters. The molecule has 1 N–H and O–H groups in total. The number of benzene rings is 1. The second-order valence-electron chi connectivity index (χ2n) is 7.29. The Morgan fingerprint density at radius 1 is 1.27 bits per heavy atom. The minimum atomic E-state index is 0.130. The lowest BCUT2D eigenvalue weighted by Crippen LogP contribution is -2.22. The van der Waals surface area contributed by atoms with Crippen molar-refractivity contribution in [3.05, 3.63) is 47.4 Å². The number of Topliss-reactive ketones (excluding diaryl/α,β-unsaturated/α-hetero) is 1. The monoisotopic (exact) mass is 346 g/mol. The van der Waals surface area contributed by atoms with Gasteiger partial charge in [0, 0.05) is 30.3 Å². The number of aryl methyl sites for hydroxylation is 1. The average Bonchev–Trinajstić information content (AvgIpc) is 3.28. The van der Waals surface area contributed by atoms with Crippen molar-refractivity contribution in [2.75, 3.05) is 11.4 Å². The number of ketones is 1. The third-order valence-electron chi connectivity index (χ3n) is 5.90. The van der Waals surface area contributed by atoms with Crippen LogP contribution in [-0.2, 0) is 24.1 Å². The summed E-state index contributed by atoms with van der Waals surface area (Å²) in [6, 6.07) is 8.53. The molecule has 1 aliphatic heterocycles. The molecule has 2 aromatic heterocycles. The topological polar surface area (TPSA) is 61.9 Å². The minimum absolute atomic E-state index is 0.130. The fourth-order valence-electron chi connectivity index (χ4n) is 4.55. The normalized spacial score (nSPS) is 18.8. The van der Waals surface area contributed by atoms with Gasteiger partial charge in [-0.25, -0.2) is 9.97 Å². The lowest BCUT2D eigenvalue weighted by molar-refractivity contribution is -0.122. The predicted octanol–water partition coefficient (Wildman–Crippen LogP) is 3.74. The highest BCUT2D eigenvalue weighted by atomic mass is 16.1. The molecule has 0 amide bonds. The molecular formula is C21H22N4O. The van der Waals surface area contributed by atoms with Gasteiger partial charge < -0.3 is 9.88 Å². The van der Waals surface area contributed by atoms with Crippen LogP contribution < -0.4 is 4.90 Å². The molecular weight excluding hydrogens is 324 g/mol. The van der Waals surface area contributed by atoms with Crippen molar-refractivity contribution in [3.63, 3.8) is 0 Å². The summed E-state index contributed by atoms with van der Waals surface area (Å²) >= 11 is 0. The summed E-state index contributed by atoms with van der Waals surface area (Å²) in [5, 5.41) is 1.10. The van der Waals surface area contributed by atoms with Crippen molar-refractivity contribution in [2.24, 2.45) is 5.92 Å². The lowest BCUT2D eigenvalue weighted by atomic mass is 9.83. The van der Waals surface area contributed by atoms with E-state index in [1.54, 1.807) is 6.33 Å². The van der Waals surface area contributed by atoms with Crippen LogP contribution >= 0.6 is 0 Å². The molecule has 0 spiro atoms. The standard InChI is InChI=1S/C21H22N4O/c1-2-18(26)14-7-8-16-15(11-14)19-20(24-16)22-12-23-21(19)25-10-9-13-5-3-4-6-17(13)25/h3-6,12,14H,2,7-11H2,1H3,(H,22,23,24). The van der Waals surface area contributed by atoms with Crippen LogP contribution in [0.3, 0.4) is 0 Å². The Morgan fingerprint density at radius 3 is 3.04 bits per heavy atom. The van der Waals surface area contributed by atoms with Crippen LogP contribution in [0.15, 0.2) is 30.6 Å². The smallest absolute Gasteiger partial charge is 0.146 e. The Labute approximate surface area is 152 Å². The summed E-state index contributed by atoms with van der Waals surface area (Å²) in [6.07, 6.45) is 5.95. The second kappa shape index (κ2) is 5.94. The zero-order valence-electron chi connectivity index (χ0n) is 15.0. The molecule has 2 aliphatic rings. The fraction of sp³-hybridized carbons (Fsp3) is 0.381. The van der Waals surface area contributed by atoms with Gasteiger partial charge in [-0.2, -0.15) is 0 Å². The number of nitrogens with zero attached hydrogens (tertiary/aromatic N) is 3. The van der Waals surface area contributed by atoms with Crippen LogP contribution in [0.2, 0.25) is 0 Å². The molecule has 1 aliphatic carbocycles. The van der Waals surface area contributed by atoms with Gasteiger partial charge in [0.15, 0.2) is 0 Å². The van der Waals surface area contributed by atoms with Crippen molar-refractivity contribution in [3.8, 4) is 0 Å². The van der Waals surface area contributed by atoms with Crippen LogP contribution in [0.4, 0.5) is 11.5 Å². The third kappa shape index (κ3) is 2.26. The summed E-state index contributed by atoms with van der Waals surface area (Å²) in [5.41, 5.74) is 5.98. The van der Waals surface area contributed by atoms with Gasteiger partial charge in [-0.3, -0.25) is 4.79 Å². The highest BCUT2D eigenvalue weighted by Crippen LogP contribution is 2.40. The number of carbonyl (C=O) groups is 1. The molecule has 0 saturated heterocycles. The van der Waals surface area contributed by atoms with Crippen LogP contribution in [0.25, 0.3) is 11.0 Å². The van der Waals surface area contributed by atoms with E-state index in [-0.39, 0.29) is 5.92 Å². The van der Waals surface area contributed by atoms with Gasteiger partial charge >= 0.3 is 0 Å². The number of aromatic nitrogens is 3. The quantitative estimate of drug-likeness (QED) is 0.785. The van der Waals surface area contributed by atoms with Crippen LogP contribution in [-0.4, -0.2) is 27.3 Å². The second-order valence-corrected chi connectivity index (χ2v) is 7.29. The molecule has 5 heteroatoms. The molecule has 132 valence electrons. The highest BCUT2D eigenvalue weighted by molar-refractivity contribution is 5.95. The van der Waals surface area contributed by atoms with E-state index < -0.39 is 0 Å². The van der Waals surface area contributed by atoms with E-state index in [0.29, 0.717) is 12.2 Å². The molecule has 26 heavy (non-hydrogen) atoms. The van der Waals surface area contributed by atoms with Gasteiger partial charge in [-0.05, 0) is 42.9 Å². The molecule has 0 fully saturated rings. The zero-order chi connectivity index (χ0) is 17.7. The Bertz CT molecular complexity index is 1010. The van der Waals surface area contributed by atoms with Crippen molar-refractivity contribution >= 4 is 28.3 Å². The van der Waals surface area contributed by atoms with Gasteiger partial charge in [0.1, 0.15) is 23.6 Å². The summed E-state index contributed by atoms with van der Waals surface area (Å²) in [4.78, 5) is 27.2. The van der Waals surface area contributed by atoms with Crippen molar-refractivity contribution < 1.29 is 4.79 Å². The van der Waals surface area contributed by atoms with E-state index in [4.69, 9.17) is 0 Å². The predicted molar refractivity (Wildman–Crippen MR) is 102 cm³/mol. The first-order chi connectivity index (χ1) is 12.8. The lowest BCUT2D eigenvalue weighted by Gasteiger charge is -2.23. The van der Waals surface area contributed by atoms with Crippen molar-refractivity contribution in [1.82, 2.24) is 15.0 Å². The Morgan fingerprint density at radius 2 is 2.15 bits per heavy atom. The van der Waals surface area contributed by atoms with Crippen LogP contribution in [0, 0.1) is 5.92 Å². The maximum Gasteiger partial charge on any atom is 0.146 e. The summed E-state index contributed by atoms with van der Waals surface area (Å²) in [5.74, 6) is 1.47. The largest absolute Gasteiger partial charge is 0.343 e. The number of nitrogens with one attached hydrogen (secondary N) is 1. The summed E-state index contributed by atoms with van der Waals surface area (Å²) in [6.45, 7) is 2.89. The Hall–Kier alpha value is -2.69. The minimum Gasteiger partial charge on any atom is -0.343 e. The zero-order valence-corrected chi connectivity index (χ0v) is 15.0. The molecule has 0 bridgehead atoms. The maximum absolute atomic E-state index is 12.3. The van der Waals surface area contributed by atoms with Crippen LogP contribution in [0.5, 0.6) is 0 Å². The molecule has 5 nitrogen and oxygen atoms in total. The van der Waals surface area contributed by atoms with Gasteiger partial charge in [0.2, 0.25) is 0 Å². The van der Waals surface area contributed by atoms with Gasteiger partial charge in [-0.1, -0.05) is 25.1 Å². The van der Waals surface area contributed by atoms with Crippen LogP contribution in [0.1, 0.15) is 36.6 Å². The van der Waals surface area contributed by atoms with E-state index in [0.717, 1.165) is 49.1 Å². The first kappa shape index (κ1) is 15.6. The molecule has 0 radical (unpaired) electrons. The molecule has 1 aromatic carbocycles. The average molecular weight is 346 g/mol. The van der Waals surface area contributed by atoms with E-state index in [1.807, 2.05) is 6.92 Å². The maximum atomic E-state index is 12.3. The number of rotatable bonds is 3. The number of hydrogen-bond acceptors (Lipinski definition) is 4. The van der Waals surface area contributed by atoms with Crippen molar-refractivity contribution in [2.45, 2.75) is 39.0 Å². The number of H-pyrrole nitrogens is 1. The Kier molecular flexibility index (Phi) is 3.55. The Balaban J connectivity index is 1.65. The molecule has 5 rings (SSSR count). The first-order valence-electron chi connectivity index (χ1n) is 9.49. The fourth-order valence-corrected chi connectivity index (χ4v) is 4.55. The number of aromatic amines is 1. The first-order valence-corrected chi connectivity index (χ1v) is 9.49.